The SMILES string of the molecule is Cn1ccc(NCc2cc3ccccc3cc2N)n1. The van der Waals surface area contributed by atoms with Crippen LogP contribution < -0.4 is 11.1 Å². The first-order valence-corrected chi connectivity index (χ1v) is 6.23. The van der Waals surface area contributed by atoms with Crippen LogP contribution in [0.5, 0.6) is 0 Å². The summed E-state index contributed by atoms with van der Waals surface area (Å²) in [7, 11) is 1.90. The Balaban J connectivity index is 1.86. The van der Waals surface area contributed by atoms with E-state index in [4.69, 9.17) is 5.73 Å². The molecule has 3 rings (SSSR count). The van der Waals surface area contributed by atoms with Gasteiger partial charge in [-0.25, -0.2) is 0 Å². The van der Waals surface area contributed by atoms with Gasteiger partial charge in [0.2, 0.25) is 0 Å². The van der Waals surface area contributed by atoms with E-state index in [0.29, 0.717) is 6.54 Å². The second-order valence-electron chi connectivity index (χ2n) is 4.63. The number of hydrogen-bond acceptors (Lipinski definition) is 3. The first-order chi connectivity index (χ1) is 9.22. The van der Waals surface area contributed by atoms with Crippen molar-refractivity contribution in [2.75, 3.05) is 11.1 Å². The summed E-state index contributed by atoms with van der Waals surface area (Å²) < 4.78 is 1.77. The van der Waals surface area contributed by atoms with Crippen LogP contribution >= 0.6 is 0 Å². The minimum atomic E-state index is 0.674. The molecule has 1 aromatic heterocycles. The van der Waals surface area contributed by atoms with Crippen LogP contribution in [0.15, 0.2) is 48.7 Å². The minimum absolute atomic E-state index is 0.674. The number of aromatic nitrogens is 2. The van der Waals surface area contributed by atoms with E-state index >= 15 is 0 Å². The Labute approximate surface area is 111 Å². The fourth-order valence-electron chi connectivity index (χ4n) is 2.15. The van der Waals surface area contributed by atoms with Crippen molar-refractivity contribution in [3.63, 3.8) is 0 Å². The standard InChI is InChI=1S/C15H16N4/c1-19-7-6-15(18-19)17-10-13-8-11-4-2-3-5-12(11)9-14(13)16/h2-9H,10,16H2,1H3,(H,17,18). The molecule has 3 N–H and O–H groups in total. The van der Waals surface area contributed by atoms with E-state index < -0.39 is 0 Å². The topological polar surface area (TPSA) is 55.9 Å². The van der Waals surface area contributed by atoms with Crippen molar-refractivity contribution in [2.24, 2.45) is 7.05 Å². The highest BCUT2D eigenvalue weighted by Gasteiger charge is 2.03. The van der Waals surface area contributed by atoms with Gasteiger partial charge in [-0.05, 0) is 28.5 Å². The monoisotopic (exact) mass is 252 g/mol. The number of nitrogens with two attached hydrogens (primary N) is 1. The van der Waals surface area contributed by atoms with Crippen LogP contribution in [0.2, 0.25) is 0 Å². The lowest BCUT2D eigenvalue weighted by atomic mass is 10.1. The number of nitrogens with one attached hydrogen (secondary N) is 1. The predicted molar refractivity (Wildman–Crippen MR) is 78.9 cm³/mol. The maximum atomic E-state index is 6.09. The number of fused-ring (bicyclic) bond motifs is 1. The van der Waals surface area contributed by atoms with Gasteiger partial charge in [0, 0.05) is 31.5 Å². The van der Waals surface area contributed by atoms with Crippen LogP contribution in [0.4, 0.5) is 11.5 Å². The van der Waals surface area contributed by atoms with Gasteiger partial charge in [0.25, 0.3) is 0 Å². The van der Waals surface area contributed by atoms with Crippen molar-refractivity contribution in [3.8, 4) is 0 Å². The Morgan fingerprint density at radius 2 is 1.89 bits per heavy atom. The molecule has 0 saturated heterocycles. The molecule has 3 aromatic rings. The van der Waals surface area contributed by atoms with Crippen LogP contribution in [0, 0.1) is 0 Å². The molecule has 0 fully saturated rings. The Morgan fingerprint density at radius 1 is 1.16 bits per heavy atom. The lowest BCUT2D eigenvalue weighted by Crippen LogP contribution is -2.04. The number of nitrogen functional groups attached to an aromatic ring is 1. The van der Waals surface area contributed by atoms with Crippen molar-refractivity contribution in [2.45, 2.75) is 6.54 Å². The van der Waals surface area contributed by atoms with Crippen molar-refractivity contribution in [1.82, 2.24) is 9.78 Å². The van der Waals surface area contributed by atoms with E-state index in [2.05, 4.69) is 28.6 Å². The van der Waals surface area contributed by atoms with Gasteiger partial charge in [0.1, 0.15) is 5.82 Å². The van der Waals surface area contributed by atoms with E-state index in [9.17, 15) is 0 Å². The highest BCUT2D eigenvalue weighted by Crippen LogP contribution is 2.22. The zero-order chi connectivity index (χ0) is 13.2. The first kappa shape index (κ1) is 11.6. The number of hydrogen-bond donors (Lipinski definition) is 2. The summed E-state index contributed by atoms with van der Waals surface area (Å²) in [6.45, 7) is 0.674. The molecule has 19 heavy (non-hydrogen) atoms. The summed E-state index contributed by atoms with van der Waals surface area (Å²) in [4.78, 5) is 0. The fraction of sp³-hybridized carbons (Fsp3) is 0.133. The predicted octanol–water partition coefficient (Wildman–Crippen LogP) is 2.77. The second kappa shape index (κ2) is 4.65. The molecule has 4 heteroatoms. The molecule has 0 saturated carbocycles. The van der Waals surface area contributed by atoms with Gasteiger partial charge in [-0.15, -0.1) is 0 Å². The summed E-state index contributed by atoms with van der Waals surface area (Å²) in [6.07, 6.45) is 1.91. The molecule has 0 bridgehead atoms. The third-order valence-electron chi connectivity index (χ3n) is 3.18. The Hall–Kier alpha value is -2.49. The summed E-state index contributed by atoms with van der Waals surface area (Å²) >= 11 is 0. The molecule has 1 heterocycles. The molecule has 0 aliphatic carbocycles. The van der Waals surface area contributed by atoms with Gasteiger partial charge in [-0.3, -0.25) is 4.68 Å². The lowest BCUT2D eigenvalue weighted by molar-refractivity contribution is 0.768. The van der Waals surface area contributed by atoms with Crippen molar-refractivity contribution in [1.29, 1.82) is 0 Å². The summed E-state index contributed by atoms with van der Waals surface area (Å²) in [5.74, 6) is 0.857. The first-order valence-electron chi connectivity index (χ1n) is 6.23. The normalized spacial score (nSPS) is 10.8. The fourth-order valence-corrected chi connectivity index (χ4v) is 2.15. The third-order valence-corrected chi connectivity index (χ3v) is 3.18. The van der Waals surface area contributed by atoms with Crippen molar-refractivity contribution < 1.29 is 0 Å². The minimum Gasteiger partial charge on any atom is -0.398 e. The van der Waals surface area contributed by atoms with Crippen LogP contribution in [0.1, 0.15) is 5.56 Å². The summed E-state index contributed by atoms with van der Waals surface area (Å²) in [6, 6.07) is 14.3. The van der Waals surface area contributed by atoms with Gasteiger partial charge in [0.15, 0.2) is 0 Å². The highest BCUT2D eigenvalue weighted by molar-refractivity contribution is 5.86. The largest absolute Gasteiger partial charge is 0.398 e. The number of aryl methyl sites for hydroxylation is 1. The number of nitrogens with zero attached hydrogens (tertiary/aromatic N) is 2. The Morgan fingerprint density at radius 3 is 2.58 bits per heavy atom. The van der Waals surface area contributed by atoms with Gasteiger partial charge in [-0.1, -0.05) is 24.3 Å². The van der Waals surface area contributed by atoms with Gasteiger partial charge >= 0.3 is 0 Å². The van der Waals surface area contributed by atoms with Crippen molar-refractivity contribution in [3.05, 3.63) is 54.2 Å². The van der Waals surface area contributed by atoms with Crippen LogP contribution in [0.25, 0.3) is 10.8 Å². The summed E-state index contributed by atoms with van der Waals surface area (Å²) in [5.41, 5.74) is 7.99. The smallest absolute Gasteiger partial charge is 0.148 e. The van der Waals surface area contributed by atoms with E-state index in [1.54, 1.807) is 4.68 Å². The second-order valence-corrected chi connectivity index (χ2v) is 4.63. The van der Waals surface area contributed by atoms with E-state index in [-0.39, 0.29) is 0 Å². The zero-order valence-electron chi connectivity index (χ0n) is 10.8. The molecule has 0 aliphatic rings. The number of benzene rings is 2. The maximum Gasteiger partial charge on any atom is 0.148 e. The van der Waals surface area contributed by atoms with Crippen LogP contribution in [-0.2, 0) is 13.6 Å². The third kappa shape index (κ3) is 2.38. The molecule has 96 valence electrons. The molecule has 0 atom stereocenters. The summed E-state index contributed by atoms with van der Waals surface area (Å²) in [5, 5.41) is 9.93. The van der Waals surface area contributed by atoms with Crippen LogP contribution in [0.3, 0.4) is 0 Å². The molecule has 0 amide bonds. The van der Waals surface area contributed by atoms with E-state index in [1.807, 2.05) is 37.5 Å². The number of rotatable bonds is 3. The van der Waals surface area contributed by atoms with Crippen LogP contribution in [-0.4, -0.2) is 9.78 Å². The molecule has 2 aromatic carbocycles. The zero-order valence-corrected chi connectivity index (χ0v) is 10.8. The quantitative estimate of drug-likeness (QED) is 0.705. The number of anilines is 2. The molecule has 0 aliphatic heterocycles. The molecule has 0 radical (unpaired) electrons. The average Bonchev–Trinajstić information content (AvgIpc) is 2.82. The van der Waals surface area contributed by atoms with Gasteiger partial charge < -0.3 is 11.1 Å². The van der Waals surface area contributed by atoms with E-state index in [0.717, 1.165) is 17.1 Å². The Bertz CT molecular complexity index is 715. The molecule has 4 nitrogen and oxygen atoms in total. The maximum absolute atomic E-state index is 6.09. The van der Waals surface area contributed by atoms with Crippen molar-refractivity contribution >= 4 is 22.3 Å². The van der Waals surface area contributed by atoms with E-state index in [1.165, 1.54) is 10.8 Å². The molecular formula is C15H16N4. The Kier molecular flexibility index (Phi) is 2.83. The molecule has 0 spiro atoms. The van der Waals surface area contributed by atoms with Gasteiger partial charge in [0.05, 0.1) is 0 Å². The molecule has 0 unspecified atom stereocenters. The average molecular weight is 252 g/mol. The van der Waals surface area contributed by atoms with Gasteiger partial charge in [-0.2, -0.15) is 5.10 Å². The molecular weight excluding hydrogens is 236 g/mol. The highest BCUT2D eigenvalue weighted by atomic mass is 15.3. The lowest BCUT2D eigenvalue weighted by Gasteiger charge is -2.09.